The second-order valence-electron chi connectivity index (χ2n) is 9.97. The van der Waals surface area contributed by atoms with Gasteiger partial charge in [-0.05, 0) is 91.1 Å². The van der Waals surface area contributed by atoms with Crippen molar-refractivity contribution in [2.24, 2.45) is 0 Å². The van der Waals surface area contributed by atoms with Gasteiger partial charge in [0.05, 0.1) is 0 Å². The van der Waals surface area contributed by atoms with Gasteiger partial charge in [-0.15, -0.1) is 0 Å². The zero-order chi connectivity index (χ0) is 26.7. The van der Waals surface area contributed by atoms with Gasteiger partial charge in [-0.2, -0.15) is 0 Å². The van der Waals surface area contributed by atoms with Gasteiger partial charge in [-0.3, -0.25) is 0 Å². The van der Waals surface area contributed by atoms with E-state index in [2.05, 4.69) is 30.3 Å². The van der Waals surface area contributed by atoms with Crippen molar-refractivity contribution in [2.75, 3.05) is 0 Å². The molecule has 0 heterocycles. The van der Waals surface area contributed by atoms with Crippen LogP contribution in [0.4, 0.5) is 0 Å². The Bertz CT molecular complexity index is 1990. The maximum atomic E-state index is 11.5. The largest absolute Gasteiger partial charge is 0.508 e. The highest BCUT2D eigenvalue weighted by atomic mass is 16.3. The lowest BCUT2D eigenvalue weighted by Crippen LogP contribution is -2.07. The Morgan fingerprint density at radius 3 is 1.46 bits per heavy atom. The third-order valence-corrected chi connectivity index (χ3v) is 7.73. The summed E-state index contributed by atoms with van der Waals surface area (Å²) in [6, 6.07) is 35.6. The quantitative estimate of drug-likeness (QED) is 0.143. The van der Waals surface area contributed by atoms with Crippen molar-refractivity contribution >= 4 is 43.1 Å². The predicted molar refractivity (Wildman–Crippen MR) is 157 cm³/mol. The van der Waals surface area contributed by atoms with E-state index < -0.39 is 5.92 Å². The van der Waals surface area contributed by atoms with Gasteiger partial charge in [-0.1, -0.05) is 72.8 Å². The van der Waals surface area contributed by atoms with E-state index in [1.165, 1.54) is 0 Å². The van der Waals surface area contributed by atoms with Crippen LogP contribution < -0.4 is 0 Å². The van der Waals surface area contributed by atoms with E-state index in [9.17, 15) is 20.4 Å². The fourth-order valence-corrected chi connectivity index (χ4v) is 6.04. The Balaban J connectivity index is 1.70. The van der Waals surface area contributed by atoms with Crippen molar-refractivity contribution in [2.45, 2.75) is 5.92 Å². The number of phenolic OH excluding ortho intramolecular Hbond substituents is 4. The highest BCUT2D eigenvalue weighted by molar-refractivity contribution is 6.10. The monoisotopic (exact) mass is 508 g/mol. The average molecular weight is 509 g/mol. The molecule has 0 radical (unpaired) electrons. The molecule has 4 N–H and O–H groups in total. The Hall–Kier alpha value is -5.22. The molecular formula is C35H24O4. The number of benzene rings is 7. The lowest BCUT2D eigenvalue weighted by molar-refractivity contribution is 0.460. The van der Waals surface area contributed by atoms with Gasteiger partial charge in [-0.25, -0.2) is 0 Å². The van der Waals surface area contributed by atoms with Crippen LogP contribution in [0, 0.1) is 0 Å². The summed E-state index contributed by atoms with van der Waals surface area (Å²) in [7, 11) is 0. The van der Waals surface area contributed by atoms with Crippen molar-refractivity contribution in [1.29, 1.82) is 0 Å². The molecule has 7 aromatic rings. The fourth-order valence-electron chi connectivity index (χ4n) is 6.04. The van der Waals surface area contributed by atoms with Gasteiger partial charge in [0.25, 0.3) is 0 Å². The molecular weight excluding hydrogens is 484 g/mol. The molecule has 7 aromatic carbocycles. The molecule has 0 aliphatic rings. The smallest absolute Gasteiger partial charge is 0.120 e. The first-order chi connectivity index (χ1) is 19.0. The predicted octanol–water partition coefficient (Wildman–Crippen LogP) is 8.30. The average Bonchev–Trinajstić information content (AvgIpc) is 2.95. The van der Waals surface area contributed by atoms with E-state index in [0.29, 0.717) is 11.1 Å². The third kappa shape index (κ3) is 3.61. The zero-order valence-corrected chi connectivity index (χ0v) is 20.8. The van der Waals surface area contributed by atoms with Crippen molar-refractivity contribution in [1.82, 2.24) is 0 Å². The topological polar surface area (TPSA) is 80.9 Å². The van der Waals surface area contributed by atoms with Crippen LogP contribution in [-0.2, 0) is 0 Å². The third-order valence-electron chi connectivity index (χ3n) is 7.73. The van der Waals surface area contributed by atoms with Crippen LogP contribution in [0.3, 0.4) is 0 Å². The zero-order valence-electron chi connectivity index (χ0n) is 20.8. The molecule has 39 heavy (non-hydrogen) atoms. The number of phenols is 4. The molecule has 0 spiro atoms. The van der Waals surface area contributed by atoms with Crippen LogP contribution in [0.2, 0.25) is 0 Å². The summed E-state index contributed by atoms with van der Waals surface area (Å²) < 4.78 is 0. The van der Waals surface area contributed by atoms with E-state index >= 15 is 0 Å². The maximum absolute atomic E-state index is 11.5. The molecule has 0 fully saturated rings. The Morgan fingerprint density at radius 2 is 0.872 bits per heavy atom. The number of rotatable bonds is 3. The van der Waals surface area contributed by atoms with Crippen LogP contribution in [0.1, 0.15) is 22.6 Å². The molecule has 0 aliphatic heterocycles. The summed E-state index contributed by atoms with van der Waals surface area (Å²) in [5.41, 5.74) is 2.18. The molecule has 0 saturated carbocycles. The molecule has 188 valence electrons. The molecule has 0 aliphatic carbocycles. The molecule has 0 aromatic heterocycles. The van der Waals surface area contributed by atoms with Gasteiger partial charge >= 0.3 is 0 Å². The van der Waals surface area contributed by atoms with E-state index in [0.717, 1.165) is 48.7 Å². The Labute approximate surface area is 224 Å². The molecule has 4 nitrogen and oxygen atoms in total. The standard InChI is InChI=1S/C35H24O4/c36-23-11-13-26-21(17-23)9-15-31(38)33(26)35(34-27-14-12-24(37)18-22(27)10-16-32(34)39)30-19-20-5-1-2-6-25(20)28-7-3-4-8-29(28)30/h1-19,35-39H. The SMILES string of the molecule is Oc1ccc2c(C(c3c(O)ccc4cc(O)ccc34)c3cc4ccccc4c4ccccc34)c(O)ccc2c1. The summed E-state index contributed by atoms with van der Waals surface area (Å²) in [6.45, 7) is 0. The molecule has 4 heteroatoms. The first kappa shape index (κ1) is 22.9. The second-order valence-corrected chi connectivity index (χ2v) is 9.97. The van der Waals surface area contributed by atoms with Crippen molar-refractivity contribution in [3.8, 4) is 23.0 Å². The molecule has 0 atom stereocenters. The first-order valence-electron chi connectivity index (χ1n) is 12.8. The molecule has 0 saturated heterocycles. The van der Waals surface area contributed by atoms with E-state index in [4.69, 9.17) is 0 Å². The maximum Gasteiger partial charge on any atom is 0.120 e. The minimum atomic E-state index is -0.582. The normalized spacial score (nSPS) is 11.7. The minimum Gasteiger partial charge on any atom is -0.508 e. The van der Waals surface area contributed by atoms with Gasteiger partial charge in [0, 0.05) is 17.0 Å². The fraction of sp³-hybridized carbons (Fsp3) is 0.0286. The molecule has 0 unspecified atom stereocenters. The number of fused-ring (bicyclic) bond motifs is 5. The van der Waals surface area contributed by atoms with Crippen molar-refractivity contribution in [3.05, 3.63) is 132 Å². The van der Waals surface area contributed by atoms with E-state index in [1.54, 1.807) is 48.5 Å². The van der Waals surface area contributed by atoms with Crippen LogP contribution in [-0.4, -0.2) is 20.4 Å². The summed E-state index contributed by atoms with van der Waals surface area (Å²) in [5.74, 6) is -0.136. The van der Waals surface area contributed by atoms with Gasteiger partial charge < -0.3 is 20.4 Å². The minimum absolute atomic E-state index is 0.0885. The van der Waals surface area contributed by atoms with Crippen LogP contribution >= 0.6 is 0 Å². The molecule has 7 rings (SSSR count). The highest BCUT2D eigenvalue weighted by Crippen LogP contribution is 2.49. The molecule has 0 amide bonds. The number of hydrogen-bond acceptors (Lipinski definition) is 4. The summed E-state index contributed by atoms with van der Waals surface area (Å²) in [4.78, 5) is 0. The van der Waals surface area contributed by atoms with Crippen molar-refractivity contribution < 1.29 is 20.4 Å². The first-order valence-corrected chi connectivity index (χ1v) is 12.8. The number of hydrogen-bond donors (Lipinski definition) is 4. The van der Waals surface area contributed by atoms with Crippen LogP contribution in [0.5, 0.6) is 23.0 Å². The van der Waals surface area contributed by atoms with Crippen LogP contribution in [0.15, 0.2) is 115 Å². The van der Waals surface area contributed by atoms with Gasteiger partial charge in [0.15, 0.2) is 0 Å². The van der Waals surface area contributed by atoms with Crippen LogP contribution in [0.25, 0.3) is 43.1 Å². The van der Waals surface area contributed by atoms with Gasteiger partial charge in [0.1, 0.15) is 23.0 Å². The lowest BCUT2D eigenvalue weighted by atomic mass is 9.77. The Morgan fingerprint density at radius 1 is 0.385 bits per heavy atom. The summed E-state index contributed by atoms with van der Waals surface area (Å²) in [6.07, 6.45) is 0. The summed E-state index contributed by atoms with van der Waals surface area (Å²) >= 11 is 0. The lowest BCUT2D eigenvalue weighted by Gasteiger charge is -2.26. The van der Waals surface area contributed by atoms with E-state index in [1.807, 2.05) is 36.4 Å². The highest BCUT2D eigenvalue weighted by Gasteiger charge is 2.29. The summed E-state index contributed by atoms with van der Waals surface area (Å²) in [5, 5.41) is 50.7. The van der Waals surface area contributed by atoms with Gasteiger partial charge in [0.2, 0.25) is 0 Å². The second kappa shape index (κ2) is 8.67. The number of aromatic hydroxyl groups is 4. The Kier molecular flexibility index (Phi) is 5.10. The van der Waals surface area contributed by atoms with E-state index in [-0.39, 0.29) is 23.0 Å². The molecule has 0 bridgehead atoms. The van der Waals surface area contributed by atoms with Crippen molar-refractivity contribution in [3.63, 3.8) is 0 Å².